The molecule has 0 bridgehead atoms. The summed E-state index contributed by atoms with van der Waals surface area (Å²) in [4.78, 5) is 37.4. The van der Waals surface area contributed by atoms with Crippen LogP contribution in [0.5, 0.6) is 0 Å². The fourth-order valence-corrected chi connectivity index (χ4v) is 4.57. The van der Waals surface area contributed by atoms with Gasteiger partial charge in [-0.25, -0.2) is 0 Å². The average Bonchev–Trinajstić information content (AvgIpc) is 3.48. The monoisotopic (exact) mass is 364 g/mol. The third-order valence-electron chi connectivity index (χ3n) is 5.27. The second-order valence-corrected chi connectivity index (χ2v) is 8.51. The molecule has 2 fully saturated rings. The van der Waals surface area contributed by atoms with E-state index in [1.807, 2.05) is 0 Å². The molecule has 3 aliphatic carbocycles. The van der Waals surface area contributed by atoms with Crippen LogP contribution in [0.1, 0.15) is 54.3 Å². The Kier molecular flexibility index (Phi) is 4.27. The molecule has 1 aromatic heterocycles. The molecule has 4 rings (SSSR count). The maximum Gasteiger partial charge on any atom is 0.306 e. The Labute approximate surface area is 151 Å². The number of rotatable bonds is 6. The summed E-state index contributed by atoms with van der Waals surface area (Å²) < 4.78 is 0. The molecule has 1 atom stereocenters. The predicted octanol–water partition coefficient (Wildman–Crippen LogP) is 2.67. The van der Waals surface area contributed by atoms with Crippen molar-refractivity contribution in [3.8, 4) is 0 Å². The van der Waals surface area contributed by atoms with Crippen molar-refractivity contribution in [2.75, 3.05) is 11.9 Å². The normalized spacial score (nSPS) is 22.2. The van der Waals surface area contributed by atoms with E-state index in [4.69, 9.17) is 0 Å². The smallest absolute Gasteiger partial charge is 0.306 e. The molecular weight excluding hydrogens is 340 g/mol. The van der Waals surface area contributed by atoms with Crippen LogP contribution in [0.4, 0.5) is 5.00 Å². The van der Waals surface area contributed by atoms with Crippen LogP contribution in [0.25, 0.3) is 0 Å². The molecule has 1 aromatic rings. The number of aryl methyl sites for hydroxylation is 1. The lowest BCUT2D eigenvalue weighted by Gasteiger charge is -2.19. The minimum absolute atomic E-state index is 0. The average molecular weight is 364 g/mol. The van der Waals surface area contributed by atoms with Crippen LogP contribution in [0.3, 0.4) is 0 Å². The van der Waals surface area contributed by atoms with Gasteiger partial charge in [0.1, 0.15) is 5.00 Å². The van der Waals surface area contributed by atoms with Crippen molar-refractivity contribution < 1.29 is 20.9 Å². The molecule has 0 saturated heterocycles. The number of nitrogens with one attached hydrogen (secondary N) is 2. The van der Waals surface area contributed by atoms with Gasteiger partial charge in [-0.15, -0.1) is 11.3 Å². The molecule has 1 heterocycles. The zero-order chi connectivity index (χ0) is 17.6. The fourth-order valence-electron chi connectivity index (χ4n) is 3.33. The van der Waals surface area contributed by atoms with E-state index in [2.05, 4.69) is 10.6 Å². The number of thiophene rings is 1. The molecule has 7 heteroatoms. The molecular formula is C18H24N2O4S. The van der Waals surface area contributed by atoms with E-state index < -0.39 is 11.9 Å². The first-order valence-electron chi connectivity index (χ1n) is 8.99. The van der Waals surface area contributed by atoms with Crippen molar-refractivity contribution in [2.24, 2.45) is 17.8 Å². The van der Waals surface area contributed by atoms with Crippen molar-refractivity contribution in [2.45, 2.75) is 44.9 Å². The Balaban J connectivity index is 0.00000196. The molecule has 3 aliphatic rings. The maximum atomic E-state index is 12.8. The lowest BCUT2D eigenvalue weighted by Crippen LogP contribution is -2.29. The van der Waals surface area contributed by atoms with Gasteiger partial charge >= 0.3 is 5.97 Å². The number of fused-ring (bicyclic) bond motifs is 1. The van der Waals surface area contributed by atoms with Crippen molar-refractivity contribution in [3.63, 3.8) is 0 Å². The number of hydrogen-bond donors (Lipinski definition) is 3. The minimum Gasteiger partial charge on any atom is -0.481 e. The molecule has 6 nitrogen and oxygen atoms in total. The summed E-state index contributed by atoms with van der Waals surface area (Å²) in [5.74, 6) is -0.845. The Morgan fingerprint density at radius 3 is 2.52 bits per heavy atom. The van der Waals surface area contributed by atoms with Crippen LogP contribution in [0.15, 0.2) is 0 Å². The Morgan fingerprint density at radius 1 is 1.12 bits per heavy atom. The number of carbonyl (C=O) groups excluding carboxylic acids is 2. The topological polar surface area (TPSA) is 95.5 Å². The van der Waals surface area contributed by atoms with Crippen LogP contribution in [-0.4, -0.2) is 29.4 Å². The summed E-state index contributed by atoms with van der Waals surface area (Å²) in [5, 5.41) is 15.8. The predicted molar refractivity (Wildman–Crippen MR) is 96.0 cm³/mol. The maximum absolute atomic E-state index is 12.8. The first kappa shape index (κ1) is 16.6. The molecule has 2 amide bonds. The van der Waals surface area contributed by atoms with Gasteiger partial charge in [0.05, 0.1) is 11.5 Å². The Bertz CT molecular complexity index is 740. The van der Waals surface area contributed by atoms with Crippen LogP contribution in [0, 0.1) is 17.8 Å². The van der Waals surface area contributed by atoms with E-state index >= 15 is 0 Å². The molecule has 0 radical (unpaired) electrons. The van der Waals surface area contributed by atoms with Gasteiger partial charge in [-0.05, 0) is 56.4 Å². The standard InChI is InChI=1S/C18H22N2O4S.H2/c21-15(10-3-4-10)20-17-14(16(22)19-8-9-1-2-9)12-7-11(18(23)24)5-6-13(12)25-17;/h9-11H,1-8H2,(H,19,22)(H,20,21)(H,23,24);1H. The van der Waals surface area contributed by atoms with E-state index in [1.165, 1.54) is 11.3 Å². The highest BCUT2D eigenvalue weighted by molar-refractivity contribution is 7.17. The lowest BCUT2D eigenvalue weighted by atomic mass is 9.86. The van der Waals surface area contributed by atoms with Crippen LogP contribution in [0.2, 0.25) is 0 Å². The van der Waals surface area contributed by atoms with Gasteiger partial charge < -0.3 is 15.7 Å². The Morgan fingerprint density at radius 2 is 1.88 bits per heavy atom. The SMILES string of the molecule is O=C(NCC1CC1)c1c(NC(=O)C2CC2)sc2c1CC(C(=O)O)CC2.[HH]. The second-order valence-electron chi connectivity index (χ2n) is 7.40. The highest BCUT2D eigenvalue weighted by Gasteiger charge is 2.35. The van der Waals surface area contributed by atoms with Crippen LogP contribution < -0.4 is 10.6 Å². The molecule has 25 heavy (non-hydrogen) atoms. The van der Waals surface area contributed by atoms with Gasteiger partial charge in [-0.3, -0.25) is 14.4 Å². The third-order valence-corrected chi connectivity index (χ3v) is 6.48. The molecule has 3 N–H and O–H groups in total. The summed E-state index contributed by atoms with van der Waals surface area (Å²) in [6.45, 7) is 0.655. The highest BCUT2D eigenvalue weighted by atomic mass is 32.1. The summed E-state index contributed by atoms with van der Waals surface area (Å²) in [5.41, 5.74) is 1.32. The summed E-state index contributed by atoms with van der Waals surface area (Å²) in [7, 11) is 0. The number of carbonyl (C=O) groups is 3. The Hall–Kier alpha value is -1.89. The quantitative estimate of drug-likeness (QED) is 0.723. The minimum atomic E-state index is -0.815. The second kappa shape index (κ2) is 6.44. The zero-order valence-electron chi connectivity index (χ0n) is 14.0. The number of carboxylic acids is 1. The number of anilines is 1. The molecule has 0 aliphatic heterocycles. The summed E-state index contributed by atoms with van der Waals surface area (Å²) in [6, 6.07) is 0. The van der Waals surface area contributed by atoms with Crippen LogP contribution in [-0.2, 0) is 22.4 Å². The summed E-state index contributed by atoms with van der Waals surface area (Å²) in [6.07, 6.45) is 5.71. The van der Waals surface area contributed by atoms with Crippen molar-refractivity contribution in [1.82, 2.24) is 5.32 Å². The van der Waals surface area contributed by atoms with E-state index in [9.17, 15) is 19.5 Å². The number of amides is 2. The van der Waals surface area contributed by atoms with Gasteiger partial charge in [0, 0.05) is 18.8 Å². The highest BCUT2D eigenvalue weighted by Crippen LogP contribution is 2.41. The molecule has 0 aromatic carbocycles. The van der Waals surface area contributed by atoms with E-state index in [0.29, 0.717) is 42.3 Å². The third kappa shape index (κ3) is 3.56. The number of aliphatic carboxylic acids is 1. The largest absolute Gasteiger partial charge is 0.481 e. The van der Waals surface area contributed by atoms with E-state index in [0.717, 1.165) is 36.1 Å². The lowest BCUT2D eigenvalue weighted by molar-refractivity contribution is -0.142. The number of hydrogen-bond acceptors (Lipinski definition) is 4. The van der Waals surface area contributed by atoms with Crippen molar-refractivity contribution in [3.05, 3.63) is 16.0 Å². The molecule has 136 valence electrons. The van der Waals surface area contributed by atoms with Gasteiger partial charge in [0.25, 0.3) is 5.91 Å². The van der Waals surface area contributed by atoms with Gasteiger partial charge in [0.2, 0.25) is 5.91 Å². The van der Waals surface area contributed by atoms with E-state index in [-0.39, 0.29) is 19.2 Å². The van der Waals surface area contributed by atoms with Crippen molar-refractivity contribution in [1.29, 1.82) is 0 Å². The first-order chi connectivity index (χ1) is 12.0. The van der Waals surface area contributed by atoms with Gasteiger partial charge in [-0.2, -0.15) is 0 Å². The van der Waals surface area contributed by atoms with Crippen LogP contribution >= 0.6 is 11.3 Å². The zero-order valence-corrected chi connectivity index (χ0v) is 14.8. The number of carboxylic acid groups (broad SMARTS) is 1. The fraction of sp³-hybridized carbons (Fsp3) is 0.611. The van der Waals surface area contributed by atoms with E-state index in [1.54, 1.807) is 0 Å². The molecule has 1 unspecified atom stereocenters. The summed E-state index contributed by atoms with van der Waals surface area (Å²) >= 11 is 1.44. The van der Waals surface area contributed by atoms with Gasteiger partial charge in [-0.1, -0.05) is 0 Å². The first-order valence-corrected chi connectivity index (χ1v) is 9.81. The molecule has 2 saturated carbocycles. The van der Waals surface area contributed by atoms with Gasteiger partial charge in [0.15, 0.2) is 0 Å². The van der Waals surface area contributed by atoms with Crippen molar-refractivity contribution >= 4 is 34.1 Å². The molecule has 0 spiro atoms.